The number of nitrogens with zero attached hydrogens (tertiary/aromatic N) is 3. The minimum absolute atomic E-state index is 0.141. The first-order chi connectivity index (χ1) is 6.63. The van der Waals surface area contributed by atoms with Crippen LogP contribution in [0.25, 0.3) is 0 Å². The van der Waals surface area contributed by atoms with E-state index in [4.69, 9.17) is 0 Å². The molecule has 1 atom stereocenters. The summed E-state index contributed by atoms with van der Waals surface area (Å²) in [5, 5.41) is 7.68. The van der Waals surface area contributed by atoms with E-state index in [2.05, 4.69) is 17.2 Å². The molecule has 0 aliphatic heterocycles. The molecule has 0 radical (unpaired) electrons. The largest absolute Gasteiger partial charge is 0.299 e. The molecule has 1 unspecified atom stereocenters. The van der Waals surface area contributed by atoms with Crippen molar-refractivity contribution in [2.75, 3.05) is 0 Å². The van der Waals surface area contributed by atoms with Crippen LogP contribution in [0.3, 0.4) is 0 Å². The van der Waals surface area contributed by atoms with Gasteiger partial charge in [-0.3, -0.25) is 9.48 Å². The average molecular weight is 195 g/mol. The number of aromatic nitrogens is 3. The second-order valence-electron chi connectivity index (χ2n) is 3.72. The maximum Gasteiger partial charge on any atom is 0.141 e. The van der Waals surface area contributed by atoms with E-state index < -0.39 is 0 Å². The Labute approximate surface area is 84.3 Å². The predicted molar refractivity (Wildman–Crippen MR) is 53.8 cm³/mol. The van der Waals surface area contributed by atoms with E-state index in [1.807, 2.05) is 6.92 Å². The number of hydrogen-bond donors (Lipinski definition) is 0. The molecule has 0 spiro atoms. The molecule has 14 heavy (non-hydrogen) atoms. The van der Waals surface area contributed by atoms with Crippen molar-refractivity contribution in [2.24, 2.45) is 13.0 Å². The first-order valence-electron chi connectivity index (χ1n) is 5.01. The van der Waals surface area contributed by atoms with Crippen LogP contribution in [0.5, 0.6) is 0 Å². The highest BCUT2D eigenvalue weighted by Crippen LogP contribution is 2.09. The molecule has 4 nitrogen and oxygen atoms in total. The highest BCUT2D eigenvalue weighted by Gasteiger charge is 2.13. The van der Waals surface area contributed by atoms with E-state index in [-0.39, 0.29) is 11.7 Å². The van der Waals surface area contributed by atoms with Crippen molar-refractivity contribution >= 4 is 5.78 Å². The number of hydrogen-bond acceptors (Lipinski definition) is 3. The van der Waals surface area contributed by atoms with E-state index in [0.717, 1.165) is 18.5 Å². The molecular formula is C10H17N3O. The van der Waals surface area contributed by atoms with Crippen molar-refractivity contribution < 1.29 is 4.79 Å². The quantitative estimate of drug-likeness (QED) is 0.712. The summed E-state index contributed by atoms with van der Waals surface area (Å²) in [6.45, 7) is 4.06. The second-order valence-corrected chi connectivity index (χ2v) is 3.72. The van der Waals surface area contributed by atoms with Crippen molar-refractivity contribution in [3.8, 4) is 0 Å². The lowest BCUT2D eigenvalue weighted by Crippen LogP contribution is -2.13. The van der Waals surface area contributed by atoms with Crippen LogP contribution in [-0.4, -0.2) is 20.8 Å². The van der Waals surface area contributed by atoms with Crippen LogP contribution in [0.15, 0.2) is 6.20 Å². The molecule has 0 aromatic carbocycles. The number of rotatable bonds is 5. The van der Waals surface area contributed by atoms with Crippen molar-refractivity contribution in [1.82, 2.24) is 15.0 Å². The lowest BCUT2D eigenvalue weighted by Gasteiger charge is -2.06. The highest BCUT2D eigenvalue weighted by atomic mass is 16.1. The topological polar surface area (TPSA) is 47.8 Å². The number of carbonyl (C=O) groups excluding carboxylic acids is 1. The SMILES string of the molecule is CCCC(C)C(=O)Cc1cn(C)nn1. The van der Waals surface area contributed by atoms with E-state index in [1.54, 1.807) is 17.9 Å². The molecule has 0 aliphatic rings. The van der Waals surface area contributed by atoms with Gasteiger partial charge in [-0.25, -0.2) is 0 Å². The average Bonchev–Trinajstić information content (AvgIpc) is 2.51. The molecule has 78 valence electrons. The van der Waals surface area contributed by atoms with Gasteiger partial charge in [0.25, 0.3) is 0 Å². The Balaban J connectivity index is 2.48. The molecule has 1 aromatic heterocycles. The smallest absolute Gasteiger partial charge is 0.141 e. The Kier molecular flexibility index (Phi) is 3.80. The third-order valence-electron chi connectivity index (χ3n) is 2.28. The standard InChI is InChI=1S/C10H17N3O/c1-4-5-8(2)10(14)6-9-7-13(3)12-11-9/h7-8H,4-6H2,1-3H3. The van der Waals surface area contributed by atoms with Gasteiger partial charge in [0.05, 0.1) is 12.1 Å². The summed E-state index contributed by atoms with van der Waals surface area (Å²) >= 11 is 0. The van der Waals surface area contributed by atoms with Gasteiger partial charge in [0, 0.05) is 19.2 Å². The Morgan fingerprint density at radius 2 is 2.36 bits per heavy atom. The summed E-state index contributed by atoms with van der Waals surface area (Å²) in [5.74, 6) is 0.398. The van der Waals surface area contributed by atoms with Gasteiger partial charge < -0.3 is 0 Å². The minimum Gasteiger partial charge on any atom is -0.299 e. The molecule has 0 aliphatic carbocycles. The molecule has 0 bridgehead atoms. The lowest BCUT2D eigenvalue weighted by atomic mass is 9.98. The van der Waals surface area contributed by atoms with Gasteiger partial charge in [0.2, 0.25) is 0 Å². The Morgan fingerprint density at radius 1 is 1.64 bits per heavy atom. The van der Waals surface area contributed by atoms with Gasteiger partial charge in [-0.1, -0.05) is 25.5 Å². The van der Waals surface area contributed by atoms with Crippen LogP contribution in [-0.2, 0) is 18.3 Å². The zero-order valence-electron chi connectivity index (χ0n) is 9.03. The fourth-order valence-electron chi connectivity index (χ4n) is 1.42. The molecule has 0 saturated heterocycles. The molecular weight excluding hydrogens is 178 g/mol. The van der Waals surface area contributed by atoms with Crippen LogP contribution in [0, 0.1) is 5.92 Å². The van der Waals surface area contributed by atoms with Crippen molar-refractivity contribution in [2.45, 2.75) is 33.1 Å². The van der Waals surface area contributed by atoms with Gasteiger partial charge in [0.15, 0.2) is 0 Å². The number of carbonyl (C=O) groups is 1. The van der Waals surface area contributed by atoms with E-state index in [0.29, 0.717) is 6.42 Å². The van der Waals surface area contributed by atoms with Gasteiger partial charge in [-0.2, -0.15) is 0 Å². The summed E-state index contributed by atoms with van der Waals surface area (Å²) in [7, 11) is 1.80. The van der Waals surface area contributed by atoms with Crippen molar-refractivity contribution in [3.63, 3.8) is 0 Å². The van der Waals surface area contributed by atoms with E-state index in [1.165, 1.54) is 0 Å². The normalized spacial score (nSPS) is 12.8. The first kappa shape index (κ1) is 10.9. The van der Waals surface area contributed by atoms with Crippen molar-refractivity contribution in [1.29, 1.82) is 0 Å². The molecule has 0 saturated carbocycles. The maximum absolute atomic E-state index is 11.6. The van der Waals surface area contributed by atoms with Crippen LogP contribution in [0.1, 0.15) is 32.4 Å². The van der Waals surface area contributed by atoms with Crippen LogP contribution in [0.2, 0.25) is 0 Å². The van der Waals surface area contributed by atoms with Gasteiger partial charge in [-0.05, 0) is 6.42 Å². The van der Waals surface area contributed by atoms with Gasteiger partial charge >= 0.3 is 0 Å². The molecule has 0 amide bonds. The van der Waals surface area contributed by atoms with Gasteiger partial charge in [-0.15, -0.1) is 5.10 Å². The number of Topliss-reactive ketones (excluding diaryl/α,β-unsaturated/α-hetero) is 1. The van der Waals surface area contributed by atoms with E-state index >= 15 is 0 Å². The maximum atomic E-state index is 11.6. The molecule has 1 rings (SSSR count). The third-order valence-corrected chi connectivity index (χ3v) is 2.28. The zero-order chi connectivity index (χ0) is 10.6. The molecule has 0 N–H and O–H groups in total. The summed E-state index contributed by atoms with van der Waals surface area (Å²) in [6.07, 6.45) is 4.21. The Hall–Kier alpha value is -1.19. The van der Waals surface area contributed by atoms with Crippen LogP contribution in [0.4, 0.5) is 0 Å². The molecule has 1 aromatic rings. The lowest BCUT2D eigenvalue weighted by molar-refractivity contribution is -0.121. The Bertz CT molecular complexity index is 306. The highest BCUT2D eigenvalue weighted by molar-refractivity contribution is 5.82. The van der Waals surface area contributed by atoms with Gasteiger partial charge in [0.1, 0.15) is 5.78 Å². The summed E-state index contributed by atoms with van der Waals surface area (Å²) in [6, 6.07) is 0. The monoisotopic (exact) mass is 195 g/mol. The minimum atomic E-state index is 0.141. The number of ketones is 1. The van der Waals surface area contributed by atoms with E-state index in [9.17, 15) is 4.79 Å². The zero-order valence-corrected chi connectivity index (χ0v) is 9.03. The second kappa shape index (κ2) is 4.88. The van der Waals surface area contributed by atoms with Crippen LogP contribution < -0.4 is 0 Å². The third kappa shape index (κ3) is 2.94. The first-order valence-corrected chi connectivity index (χ1v) is 5.01. The number of aryl methyl sites for hydroxylation is 1. The Morgan fingerprint density at radius 3 is 2.86 bits per heavy atom. The summed E-state index contributed by atoms with van der Waals surface area (Å²) < 4.78 is 1.62. The van der Waals surface area contributed by atoms with Crippen LogP contribution >= 0.6 is 0 Å². The fraction of sp³-hybridized carbons (Fsp3) is 0.700. The molecule has 0 fully saturated rings. The summed E-state index contributed by atoms with van der Waals surface area (Å²) in [4.78, 5) is 11.6. The summed E-state index contributed by atoms with van der Waals surface area (Å²) in [5.41, 5.74) is 0.764. The molecule has 4 heteroatoms. The molecule has 1 heterocycles. The van der Waals surface area contributed by atoms with Crippen molar-refractivity contribution in [3.05, 3.63) is 11.9 Å². The predicted octanol–water partition coefficient (Wildman–Crippen LogP) is 1.36. The fourth-order valence-corrected chi connectivity index (χ4v) is 1.42.